The Balaban J connectivity index is 1.94. The van der Waals surface area contributed by atoms with E-state index in [1.165, 1.54) is 4.90 Å². The zero-order valence-corrected chi connectivity index (χ0v) is 10.2. The molecule has 4 nitrogen and oxygen atoms in total. The van der Waals surface area contributed by atoms with Crippen LogP contribution in [0.2, 0.25) is 0 Å². The standard InChI is InChI=1S/C14H16N2O2/c1-2-8-15-9-5-10-16-13(17)11-6-3-4-7-12(11)14(16)18/h2-4,6-7,15H,1,5,8-10H2. The van der Waals surface area contributed by atoms with E-state index in [9.17, 15) is 9.59 Å². The molecule has 1 aromatic rings. The van der Waals surface area contributed by atoms with Gasteiger partial charge in [-0.2, -0.15) is 0 Å². The first kappa shape index (κ1) is 12.5. The lowest BCUT2D eigenvalue weighted by Gasteiger charge is -2.13. The van der Waals surface area contributed by atoms with Crippen LogP contribution in [-0.2, 0) is 0 Å². The lowest BCUT2D eigenvalue weighted by atomic mass is 10.1. The van der Waals surface area contributed by atoms with Crippen LogP contribution < -0.4 is 5.32 Å². The van der Waals surface area contributed by atoms with Crippen molar-refractivity contribution in [3.05, 3.63) is 48.0 Å². The van der Waals surface area contributed by atoms with Crippen LogP contribution in [-0.4, -0.2) is 36.3 Å². The predicted octanol–water partition coefficient (Wildman–Crippen LogP) is 1.45. The first-order valence-electron chi connectivity index (χ1n) is 6.02. The molecule has 1 aliphatic heterocycles. The van der Waals surface area contributed by atoms with E-state index < -0.39 is 0 Å². The number of nitrogens with zero attached hydrogens (tertiary/aromatic N) is 1. The maximum absolute atomic E-state index is 12.0. The first-order valence-corrected chi connectivity index (χ1v) is 6.02. The SMILES string of the molecule is C=CCNCCCN1C(=O)c2ccccc2C1=O. The van der Waals surface area contributed by atoms with E-state index in [4.69, 9.17) is 0 Å². The molecule has 2 rings (SSSR count). The first-order chi connectivity index (χ1) is 8.75. The average molecular weight is 244 g/mol. The molecule has 0 bridgehead atoms. The van der Waals surface area contributed by atoms with Crippen molar-refractivity contribution < 1.29 is 9.59 Å². The van der Waals surface area contributed by atoms with Gasteiger partial charge in [-0.1, -0.05) is 18.2 Å². The van der Waals surface area contributed by atoms with E-state index >= 15 is 0 Å². The van der Waals surface area contributed by atoms with Crippen LogP contribution >= 0.6 is 0 Å². The molecule has 0 aromatic heterocycles. The van der Waals surface area contributed by atoms with Crippen molar-refractivity contribution in [2.45, 2.75) is 6.42 Å². The number of fused-ring (bicyclic) bond motifs is 1. The van der Waals surface area contributed by atoms with E-state index in [2.05, 4.69) is 11.9 Å². The highest BCUT2D eigenvalue weighted by molar-refractivity contribution is 6.21. The largest absolute Gasteiger partial charge is 0.313 e. The van der Waals surface area contributed by atoms with E-state index in [0.29, 0.717) is 17.7 Å². The lowest BCUT2D eigenvalue weighted by molar-refractivity contribution is 0.0653. The Morgan fingerprint density at radius 1 is 1.17 bits per heavy atom. The molecule has 1 N–H and O–H groups in total. The Bertz CT molecular complexity index is 447. The molecule has 0 atom stereocenters. The van der Waals surface area contributed by atoms with Gasteiger partial charge in [-0.25, -0.2) is 0 Å². The molecule has 1 aromatic carbocycles. The lowest BCUT2D eigenvalue weighted by Crippen LogP contribution is -2.32. The van der Waals surface area contributed by atoms with Crippen LogP contribution in [0.5, 0.6) is 0 Å². The minimum Gasteiger partial charge on any atom is -0.313 e. The third kappa shape index (κ3) is 2.33. The highest BCUT2D eigenvalue weighted by Crippen LogP contribution is 2.22. The molecule has 18 heavy (non-hydrogen) atoms. The van der Waals surface area contributed by atoms with Crippen molar-refractivity contribution in [1.82, 2.24) is 10.2 Å². The van der Waals surface area contributed by atoms with Crippen molar-refractivity contribution in [3.8, 4) is 0 Å². The second-order valence-corrected chi connectivity index (χ2v) is 4.15. The summed E-state index contributed by atoms with van der Waals surface area (Å²) in [5.41, 5.74) is 1.03. The Hall–Kier alpha value is -1.94. The summed E-state index contributed by atoms with van der Waals surface area (Å²) in [6, 6.07) is 6.95. The molecular weight excluding hydrogens is 228 g/mol. The fraction of sp³-hybridized carbons (Fsp3) is 0.286. The van der Waals surface area contributed by atoms with Crippen LogP contribution in [0.15, 0.2) is 36.9 Å². The van der Waals surface area contributed by atoms with Crippen molar-refractivity contribution in [1.29, 1.82) is 0 Å². The van der Waals surface area contributed by atoms with Gasteiger partial charge in [0.1, 0.15) is 0 Å². The Morgan fingerprint density at radius 2 is 1.78 bits per heavy atom. The minimum absolute atomic E-state index is 0.181. The highest BCUT2D eigenvalue weighted by atomic mass is 16.2. The number of amides is 2. The van der Waals surface area contributed by atoms with Crippen LogP contribution in [0, 0.1) is 0 Å². The highest BCUT2D eigenvalue weighted by Gasteiger charge is 2.34. The number of benzene rings is 1. The summed E-state index contributed by atoms with van der Waals surface area (Å²) in [4.78, 5) is 25.3. The molecule has 94 valence electrons. The van der Waals surface area contributed by atoms with Gasteiger partial charge in [0.05, 0.1) is 11.1 Å². The van der Waals surface area contributed by atoms with Gasteiger partial charge in [-0.05, 0) is 25.1 Å². The normalized spacial score (nSPS) is 13.9. The van der Waals surface area contributed by atoms with E-state index in [0.717, 1.165) is 19.5 Å². The molecule has 1 heterocycles. The van der Waals surface area contributed by atoms with E-state index in [1.807, 2.05) is 0 Å². The third-order valence-corrected chi connectivity index (χ3v) is 2.90. The quantitative estimate of drug-likeness (QED) is 0.468. The van der Waals surface area contributed by atoms with Crippen molar-refractivity contribution >= 4 is 11.8 Å². The summed E-state index contributed by atoms with van der Waals surface area (Å²) in [5.74, 6) is -0.362. The van der Waals surface area contributed by atoms with Gasteiger partial charge in [0, 0.05) is 13.1 Å². The van der Waals surface area contributed by atoms with Gasteiger partial charge in [0.15, 0.2) is 0 Å². The molecule has 1 aliphatic rings. The average Bonchev–Trinajstić information content (AvgIpc) is 2.64. The second-order valence-electron chi connectivity index (χ2n) is 4.15. The maximum Gasteiger partial charge on any atom is 0.261 e. The topological polar surface area (TPSA) is 49.4 Å². The number of carbonyl (C=O) groups excluding carboxylic acids is 2. The fourth-order valence-electron chi connectivity index (χ4n) is 2.01. The van der Waals surface area contributed by atoms with Crippen molar-refractivity contribution in [3.63, 3.8) is 0 Å². The Kier molecular flexibility index (Phi) is 3.89. The molecule has 0 radical (unpaired) electrons. The molecule has 0 unspecified atom stereocenters. The van der Waals surface area contributed by atoms with Crippen LogP contribution in [0.3, 0.4) is 0 Å². The number of hydrogen-bond acceptors (Lipinski definition) is 3. The number of hydrogen-bond donors (Lipinski definition) is 1. The van der Waals surface area contributed by atoms with E-state index in [1.54, 1.807) is 30.3 Å². The van der Waals surface area contributed by atoms with Gasteiger partial charge in [-0.15, -0.1) is 6.58 Å². The fourth-order valence-corrected chi connectivity index (χ4v) is 2.01. The monoisotopic (exact) mass is 244 g/mol. The number of carbonyl (C=O) groups is 2. The van der Waals surface area contributed by atoms with Gasteiger partial charge < -0.3 is 5.32 Å². The van der Waals surface area contributed by atoms with Gasteiger partial charge in [0.25, 0.3) is 11.8 Å². The molecule has 2 amide bonds. The Morgan fingerprint density at radius 3 is 2.33 bits per heavy atom. The molecule has 0 saturated heterocycles. The Labute approximate surface area is 106 Å². The molecular formula is C14H16N2O2. The number of rotatable bonds is 6. The summed E-state index contributed by atoms with van der Waals surface area (Å²) in [6.07, 6.45) is 2.53. The van der Waals surface area contributed by atoms with Gasteiger partial charge in [0.2, 0.25) is 0 Å². The van der Waals surface area contributed by atoms with Crippen LogP contribution in [0.1, 0.15) is 27.1 Å². The molecule has 0 aliphatic carbocycles. The second kappa shape index (κ2) is 5.60. The molecule has 4 heteroatoms. The summed E-state index contributed by atoms with van der Waals surface area (Å²) in [6.45, 7) is 5.56. The molecule has 0 fully saturated rings. The molecule has 0 spiro atoms. The number of imide groups is 1. The van der Waals surface area contributed by atoms with Crippen molar-refractivity contribution in [2.75, 3.05) is 19.6 Å². The third-order valence-electron chi connectivity index (χ3n) is 2.90. The minimum atomic E-state index is -0.181. The van der Waals surface area contributed by atoms with Gasteiger partial charge in [-0.3, -0.25) is 14.5 Å². The molecule has 0 saturated carbocycles. The zero-order valence-electron chi connectivity index (χ0n) is 10.2. The van der Waals surface area contributed by atoms with Crippen LogP contribution in [0.4, 0.5) is 0 Å². The summed E-state index contributed by atoms with van der Waals surface area (Å²) in [5, 5.41) is 3.14. The van der Waals surface area contributed by atoms with E-state index in [-0.39, 0.29) is 11.8 Å². The smallest absolute Gasteiger partial charge is 0.261 e. The van der Waals surface area contributed by atoms with Gasteiger partial charge >= 0.3 is 0 Å². The zero-order chi connectivity index (χ0) is 13.0. The van der Waals surface area contributed by atoms with Crippen LogP contribution in [0.25, 0.3) is 0 Å². The maximum atomic E-state index is 12.0. The van der Waals surface area contributed by atoms with Crippen molar-refractivity contribution in [2.24, 2.45) is 0 Å². The number of nitrogens with one attached hydrogen (secondary N) is 1. The summed E-state index contributed by atoms with van der Waals surface area (Å²) >= 11 is 0. The summed E-state index contributed by atoms with van der Waals surface area (Å²) < 4.78 is 0. The predicted molar refractivity (Wildman–Crippen MR) is 69.5 cm³/mol. The summed E-state index contributed by atoms with van der Waals surface area (Å²) in [7, 11) is 0.